The number of ether oxygens (including phenoxy) is 1. The van der Waals surface area contributed by atoms with Crippen LogP contribution in [0.25, 0.3) is 0 Å². The minimum Gasteiger partial charge on any atom is -0.392 e. The molecule has 0 radical (unpaired) electrons. The highest BCUT2D eigenvalue weighted by atomic mass is 16.5. The van der Waals surface area contributed by atoms with E-state index in [1.807, 2.05) is 12.1 Å². The first-order chi connectivity index (χ1) is 7.31. The molecule has 1 aromatic rings. The van der Waals surface area contributed by atoms with Crippen LogP contribution in [-0.2, 0) is 11.3 Å². The first kappa shape index (κ1) is 11.9. The van der Waals surface area contributed by atoms with Crippen LogP contribution in [-0.4, -0.2) is 36.9 Å². The molecular formula is C11H18N2O2. The molecule has 0 saturated heterocycles. The van der Waals surface area contributed by atoms with Crippen LogP contribution in [0.2, 0.25) is 0 Å². The van der Waals surface area contributed by atoms with Gasteiger partial charge in [-0.1, -0.05) is 6.07 Å². The van der Waals surface area contributed by atoms with E-state index in [1.165, 1.54) is 0 Å². The molecule has 0 bridgehead atoms. The van der Waals surface area contributed by atoms with Gasteiger partial charge in [0.05, 0.1) is 13.2 Å². The SMILES string of the molecule is CCN(CCOC)c1ccc(CO)cn1. The van der Waals surface area contributed by atoms with Crippen molar-refractivity contribution in [1.82, 2.24) is 4.98 Å². The van der Waals surface area contributed by atoms with Gasteiger partial charge in [-0.25, -0.2) is 4.98 Å². The Labute approximate surface area is 90.5 Å². The predicted molar refractivity (Wildman–Crippen MR) is 59.9 cm³/mol. The summed E-state index contributed by atoms with van der Waals surface area (Å²) in [5.74, 6) is 0.923. The lowest BCUT2D eigenvalue weighted by Crippen LogP contribution is -2.27. The topological polar surface area (TPSA) is 45.6 Å². The smallest absolute Gasteiger partial charge is 0.128 e. The van der Waals surface area contributed by atoms with Crippen molar-refractivity contribution in [1.29, 1.82) is 0 Å². The molecule has 0 amide bonds. The van der Waals surface area contributed by atoms with Gasteiger partial charge >= 0.3 is 0 Å². The number of aromatic nitrogens is 1. The van der Waals surface area contributed by atoms with E-state index < -0.39 is 0 Å². The third-order valence-electron chi connectivity index (χ3n) is 2.26. The summed E-state index contributed by atoms with van der Waals surface area (Å²) < 4.78 is 5.03. The second-order valence-corrected chi connectivity index (χ2v) is 3.26. The van der Waals surface area contributed by atoms with Gasteiger partial charge in [0.25, 0.3) is 0 Å². The van der Waals surface area contributed by atoms with E-state index in [1.54, 1.807) is 13.3 Å². The van der Waals surface area contributed by atoms with E-state index >= 15 is 0 Å². The number of hydrogen-bond acceptors (Lipinski definition) is 4. The molecule has 1 rings (SSSR count). The summed E-state index contributed by atoms with van der Waals surface area (Å²) in [6.07, 6.45) is 1.70. The fraction of sp³-hybridized carbons (Fsp3) is 0.545. The molecule has 1 aromatic heterocycles. The van der Waals surface area contributed by atoms with E-state index in [4.69, 9.17) is 9.84 Å². The summed E-state index contributed by atoms with van der Waals surface area (Å²) in [7, 11) is 1.69. The molecule has 0 aliphatic rings. The van der Waals surface area contributed by atoms with Crippen molar-refractivity contribution in [3.8, 4) is 0 Å². The van der Waals surface area contributed by atoms with Gasteiger partial charge in [0.15, 0.2) is 0 Å². The van der Waals surface area contributed by atoms with Gasteiger partial charge < -0.3 is 14.7 Å². The molecule has 0 unspecified atom stereocenters. The van der Waals surface area contributed by atoms with Crippen LogP contribution in [0.1, 0.15) is 12.5 Å². The van der Waals surface area contributed by atoms with E-state index in [-0.39, 0.29) is 6.61 Å². The molecule has 0 fully saturated rings. The number of aliphatic hydroxyl groups excluding tert-OH is 1. The molecule has 0 aliphatic heterocycles. The van der Waals surface area contributed by atoms with Crippen LogP contribution in [0.15, 0.2) is 18.3 Å². The summed E-state index contributed by atoms with van der Waals surface area (Å²) in [5.41, 5.74) is 0.835. The summed E-state index contributed by atoms with van der Waals surface area (Å²) in [6.45, 7) is 4.54. The zero-order valence-corrected chi connectivity index (χ0v) is 9.31. The summed E-state index contributed by atoms with van der Waals surface area (Å²) in [4.78, 5) is 6.41. The van der Waals surface area contributed by atoms with Crippen LogP contribution in [0.3, 0.4) is 0 Å². The average Bonchev–Trinajstić information content (AvgIpc) is 2.31. The lowest BCUT2D eigenvalue weighted by molar-refractivity contribution is 0.205. The molecule has 0 aromatic carbocycles. The fourth-order valence-corrected chi connectivity index (χ4v) is 1.33. The molecule has 1 heterocycles. The average molecular weight is 210 g/mol. The highest BCUT2D eigenvalue weighted by molar-refractivity contribution is 5.38. The van der Waals surface area contributed by atoms with Crippen molar-refractivity contribution < 1.29 is 9.84 Å². The van der Waals surface area contributed by atoms with Crippen LogP contribution in [0.5, 0.6) is 0 Å². The Morgan fingerprint density at radius 2 is 2.27 bits per heavy atom. The van der Waals surface area contributed by atoms with Gasteiger partial charge in [-0.15, -0.1) is 0 Å². The monoisotopic (exact) mass is 210 g/mol. The Balaban J connectivity index is 2.65. The van der Waals surface area contributed by atoms with Gasteiger partial charge in [-0.2, -0.15) is 0 Å². The highest BCUT2D eigenvalue weighted by Gasteiger charge is 2.04. The number of nitrogens with zero attached hydrogens (tertiary/aromatic N) is 2. The van der Waals surface area contributed by atoms with Crippen molar-refractivity contribution >= 4 is 5.82 Å². The lowest BCUT2D eigenvalue weighted by Gasteiger charge is -2.21. The molecule has 4 nitrogen and oxygen atoms in total. The Bertz CT molecular complexity index is 274. The first-order valence-electron chi connectivity index (χ1n) is 5.11. The van der Waals surface area contributed by atoms with Gasteiger partial charge in [0, 0.05) is 26.4 Å². The lowest BCUT2D eigenvalue weighted by atomic mass is 10.3. The quantitative estimate of drug-likeness (QED) is 0.762. The Hall–Kier alpha value is -1.13. The van der Waals surface area contributed by atoms with Crippen molar-refractivity contribution in [2.24, 2.45) is 0 Å². The second kappa shape index (κ2) is 6.37. The van der Waals surface area contributed by atoms with E-state index in [9.17, 15) is 0 Å². The van der Waals surface area contributed by atoms with Gasteiger partial charge in [-0.05, 0) is 18.6 Å². The highest BCUT2D eigenvalue weighted by Crippen LogP contribution is 2.10. The molecule has 4 heteroatoms. The Morgan fingerprint density at radius 1 is 1.47 bits per heavy atom. The van der Waals surface area contributed by atoms with Crippen molar-refractivity contribution in [2.45, 2.75) is 13.5 Å². The Morgan fingerprint density at radius 3 is 2.73 bits per heavy atom. The summed E-state index contributed by atoms with van der Waals surface area (Å²) >= 11 is 0. The fourth-order valence-electron chi connectivity index (χ4n) is 1.33. The number of likely N-dealkylation sites (N-methyl/N-ethyl adjacent to an activating group) is 1. The van der Waals surface area contributed by atoms with Crippen molar-refractivity contribution in [3.63, 3.8) is 0 Å². The van der Waals surface area contributed by atoms with E-state index in [0.717, 1.165) is 24.5 Å². The molecule has 0 aliphatic carbocycles. The van der Waals surface area contributed by atoms with Crippen LogP contribution in [0.4, 0.5) is 5.82 Å². The van der Waals surface area contributed by atoms with Gasteiger partial charge in [-0.3, -0.25) is 0 Å². The van der Waals surface area contributed by atoms with Crippen molar-refractivity contribution in [2.75, 3.05) is 31.7 Å². The van der Waals surface area contributed by atoms with E-state index in [0.29, 0.717) is 6.61 Å². The molecule has 0 saturated carbocycles. The number of anilines is 1. The maximum absolute atomic E-state index is 8.89. The number of aliphatic hydroxyl groups is 1. The minimum absolute atomic E-state index is 0.0392. The number of hydrogen-bond donors (Lipinski definition) is 1. The third-order valence-corrected chi connectivity index (χ3v) is 2.26. The molecule has 84 valence electrons. The zero-order valence-electron chi connectivity index (χ0n) is 9.31. The Kier molecular flexibility index (Phi) is 5.07. The number of pyridine rings is 1. The molecular weight excluding hydrogens is 192 g/mol. The minimum atomic E-state index is 0.0392. The third kappa shape index (κ3) is 3.49. The molecule has 0 atom stereocenters. The van der Waals surface area contributed by atoms with Crippen LogP contribution >= 0.6 is 0 Å². The molecule has 1 N–H and O–H groups in total. The first-order valence-corrected chi connectivity index (χ1v) is 5.11. The van der Waals surface area contributed by atoms with Crippen LogP contribution in [0, 0.1) is 0 Å². The van der Waals surface area contributed by atoms with Crippen LogP contribution < -0.4 is 4.90 Å². The molecule has 0 spiro atoms. The normalized spacial score (nSPS) is 10.3. The predicted octanol–water partition coefficient (Wildman–Crippen LogP) is 1.05. The largest absolute Gasteiger partial charge is 0.392 e. The number of rotatable bonds is 6. The summed E-state index contributed by atoms with van der Waals surface area (Å²) in [6, 6.07) is 3.81. The van der Waals surface area contributed by atoms with Gasteiger partial charge in [0.1, 0.15) is 5.82 Å². The maximum atomic E-state index is 8.89. The second-order valence-electron chi connectivity index (χ2n) is 3.26. The zero-order chi connectivity index (χ0) is 11.1. The van der Waals surface area contributed by atoms with Crippen molar-refractivity contribution in [3.05, 3.63) is 23.9 Å². The summed E-state index contributed by atoms with van der Waals surface area (Å²) in [5, 5.41) is 8.89. The standard InChI is InChI=1S/C11H18N2O2/c1-3-13(6-7-15-2)11-5-4-10(9-14)8-12-11/h4-5,8,14H,3,6-7,9H2,1-2H3. The maximum Gasteiger partial charge on any atom is 0.128 e. The van der Waals surface area contributed by atoms with Gasteiger partial charge in [0.2, 0.25) is 0 Å². The van der Waals surface area contributed by atoms with E-state index in [2.05, 4.69) is 16.8 Å². The molecule has 15 heavy (non-hydrogen) atoms. The number of methoxy groups -OCH3 is 1.